The van der Waals surface area contributed by atoms with E-state index in [1.54, 1.807) is 0 Å². The largest absolute Gasteiger partial charge is 0.371 e. The van der Waals surface area contributed by atoms with Crippen molar-refractivity contribution in [3.8, 4) is 0 Å². The quantitative estimate of drug-likeness (QED) is 0.784. The molecule has 2 aromatic heterocycles. The van der Waals surface area contributed by atoms with Crippen LogP contribution in [0, 0.1) is 6.92 Å². The second-order valence-electron chi connectivity index (χ2n) is 6.04. The van der Waals surface area contributed by atoms with E-state index in [1.165, 1.54) is 11.1 Å². The van der Waals surface area contributed by atoms with Crippen LogP contribution in [0.1, 0.15) is 30.3 Å². The summed E-state index contributed by atoms with van der Waals surface area (Å²) < 4.78 is 0. The van der Waals surface area contributed by atoms with E-state index in [0.717, 1.165) is 43.0 Å². The highest BCUT2D eigenvalue weighted by molar-refractivity contribution is 5.92. The third-order valence-electron chi connectivity index (χ3n) is 4.56. The highest BCUT2D eigenvalue weighted by atomic mass is 15.1. The number of nitrogens with one attached hydrogen (secondary N) is 1. The molecule has 3 aromatic rings. The molecule has 0 radical (unpaired) electrons. The Morgan fingerprint density at radius 1 is 1.18 bits per heavy atom. The molecule has 1 saturated heterocycles. The molecule has 1 N–H and O–H groups in total. The van der Waals surface area contributed by atoms with E-state index < -0.39 is 0 Å². The van der Waals surface area contributed by atoms with Crippen molar-refractivity contribution < 1.29 is 0 Å². The number of rotatable bonds is 2. The molecule has 0 atom stereocenters. The fraction of sp³-hybridized carbons (Fsp3) is 0.333. The Labute approximate surface area is 130 Å². The Morgan fingerprint density at radius 2 is 2.00 bits per heavy atom. The molecular weight excluding hydrogens is 272 g/mol. The first-order valence-corrected chi connectivity index (χ1v) is 7.92. The van der Waals surface area contributed by atoms with Crippen LogP contribution in [0.15, 0.2) is 42.7 Å². The average Bonchev–Trinajstić information content (AvgIpc) is 3.09. The number of imidazole rings is 1. The molecule has 0 saturated carbocycles. The zero-order valence-corrected chi connectivity index (χ0v) is 12.8. The molecule has 0 unspecified atom stereocenters. The first-order valence-electron chi connectivity index (χ1n) is 7.92. The third-order valence-corrected chi connectivity index (χ3v) is 4.56. The molecule has 1 aliphatic heterocycles. The second kappa shape index (κ2) is 5.44. The normalized spacial score (nSPS) is 16.3. The lowest BCUT2D eigenvalue weighted by Gasteiger charge is -2.33. The number of benzene rings is 1. The number of aromatic nitrogens is 3. The van der Waals surface area contributed by atoms with E-state index in [-0.39, 0.29) is 0 Å². The molecule has 1 aliphatic rings. The minimum atomic E-state index is 0.556. The zero-order valence-electron chi connectivity index (χ0n) is 12.8. The lowest BCUT2D eigenvalue weighted by Crippen LogP contribution is -2.33. The average molecular weight is 292 g/mol. The van der Waals surface area contributed by atoms with Crippen LogP contribution >= 0.6 is 0 Å². The highest BCUT2D eigenvalue weighted by Crippen LogP contribution is 2.32. The SMILES string of the molecule is Cc1cc(N2CCC(c3ncc[nH]3)CC2)c2ccccc2n1. The van der Waals surface area contributed by atoms with Crippen molar-refractivity contribution in [3.63, 3.8) is 0 Å². The molecule has 1 fully saturated rings. The Bertz CT molecular complexity index is 771. The van der Waals surface area contributed by atoms with Crippen molar-refractivity contribution in [3.05, 3.63) is 54.2 Å². The van der Waals surface area contributed by atoms with Crippen LogP contribution in [-0.4, -0.2) is 28.0 Å². The molecule has 112 valence electrons. The van der Waals surface area contributed by atoms with E-state index in [4.69, 9.17) is 0 Å². The number of aromatic amines is 1. The van der Waals surface area contributed by atoms with Gasteiger partial charge in [-0.3, -0.25) is 4.98 Å². The highest BCUT2D eigenvalue weighted by Gasteiger charge is 2.23. The van der Waals surface area contributed by atoms with E-state index in [1.807, 2.05) is 12.4 Å². The third kappa shape index (κ3) is 2.34. The minimum Gasteiger partial charge on any atom is -0.371 e. The van der Waals surface area contributed by atoms with Gasteiger partial charge in [0.05, 0.1) is 5.52 Å². The number of piperidine rings is 1. The first kappa shape index (κ1) is 13.3. The van der Waals surface area contributed by atoms with Crippen LogP contribution in [0.25, 0.3) is 10.9 Å². The number of nitrogens with zero attached hydrogens (tertiary/aromatic N) is 3. The van der Waals surface area contributed by atoms with Crippen molar-refractivity contribution in [1.82, 2.24) is 15.0 Å². The smallest absolute Gasteiger partial charge is 0.109 e. The van der Waals surface area contributed by atoms with Crippen molar-refractivity contribution in [2.45, 2.75) is 25.7 Å². The van der Waals surface area contributed by atoms with Gasteiger partial charge in [0.2, 0.25) is 0 Å². The number of anilines is 1. The maximum Gasteiger partial charge on any atom is 0.109 e. The zero-order chi connectivity index (χ0) is 14.9. The molecule has 22 heavy (non-hydrogen) atoms. The van der Waals surface area contributed by atoms with Crippen LogP contribution in [0.3, 0.4) is 0 Å². The Balaban J connectivity index is 1.61. The summed E-state index contributed by atoms with van der Waals surface area (Å²) >= 11 is 0. The summed E-state index contributed by atoms with van der Waals surface area (Å²) in [6.07, 6.45) is 6.05. The first-order chi connectivity index (χ1) is 10.8. The van der Waals surface area contributed by atoms with Crippen molar-refractivity contribution in [1.29, 1.82) is 0 Å². The maximum atomic E-state index is 4.65. The Hall–Kier alpha value is -2.36. The molecule has 4 heteroatoms. The predicted octanol–water partition coefficient (Wildman–Crippen LogP) is 3.65. The van der Waals surface area contributed by atoms with Gasteiger partial charge in [-0.2, -0.15) is 0 Å². The van der Waals surface area contributed by atoms with E-state index in [9.17, 15) is 0 Å². The van der Waals surface area contributed by atoms with Gasteiger partial charge in [-0.15, -0.1) is 0 Å². The van der Waals surface area contributed by atoms with Gasteiger partial charge in [-0.25, -0.2) is 4.98 Å². The molecule has 0 spiro atoms. The minimum absolute atomic E-state index is 0.556. The number of para-hydroxylation sites is 1. The van der Waals surface area contributed by atoms with E-state index in [2.05, 4.69) is 57.1 Å². The fourth-order valence-electron chi connectivity index (χ4n) is 3.44. The fourth-order valence-corrected chi connectivity index (χ4v) is 3.44. The summed E-state index contributed by atoms with van der Waals surface area (Å²) in [5.74, 6) is 1.69. The molecule has 0 amide bonds. The van der Waals surface area contributed by atoms with E-state index in [0.29, 0.717) is 5.92 Å². The van der Waals surface area contributed by atoms with Gasteiger partial charge in [-0.1, -0.05) is 18.2 Å². The number of fused-ring (bicyclic) bond motifs is 1. The monoisotopic (exact) mass is 292 g/mol. The Morgan fingerprint density at radius 3 is 2.77 bits per heavy atom. The van der Waals surface area contributed by atoms with E-state index >= 15 is 0 Å². The maximum absolute atomic E-state index is 4.65. The molecular formula is C18H20N4. The van der Waals surface area contributed by atoms with Gasteiger partial charge < -0.3 is 9.88 Å². The van der Waals surface area contributed by atoms with Crippen LogP contribution < -0.4 is 4.90 Å². The number of hydrogen-bond donors (Lipinski definition) is 1. The van der Waals surface area contributed by atoms with Crippen LogP contribution in [0.2, 0.25) is 0 Å². The molecule has 0 aliphatic carbocycles. The molecule has 1 aromatic carbocycles. The van der Waals surface area contributed by atoms with Gasteiger partial charge in [0.25, 0.3) is 0 Å². The lowest BCUT2D eigenvalue weighted by molar-refractivity contribution is 0.489. The van der Waals surface area contributed by atoms with Crippen LogP contribution in [0.4, 0.5) is 5.69 Å². The van der Waals surface area contributed by atoms with Gasteiger partial charge >= 0.3 is 0 Å². The predicted molar refractivity (Wildman–Crippen MR) is 89.3 cm³/mol. The summed E-state index contributed by atoms with van der Waals surface area (Å²) in [6, 6.07) is 10.6. The molecule has 4 rings (SSSR count). The second-order valence-corrected chi connectivity index (χ2v) is 6.04. The van der Waals surface area contributed by atoms with Crippen molar-refractivity contribution in [2.75, 3.05) is 18.0 Å². The van der Waals surface area contributed by atoms with Gasteiger partial charge in [0, 0.05) is 48.2 Å². The number of hydrogen-bond acceptors (Lipinski definition) is 3. The molecule has 3 heterocycles. The summed E-state index contributed by atoms with van der Waals surface area (Å²) in [4.78, 5) is 14.8. The van der Waals surface area contributed by atoms with Crippen molar-refractivity contribution in [2.24, 2.45) is 0 Å². The summed E-state index contributed by atoms with van der Waals surface area (Å²) in [7, 11) is 0. The number of aryl methyl sites for hydroxylation is 1. The van der Waals surface area contributed by atoms with Crippen LogP contribution in [-0.2, 0) is 0 Å². The molecule has 0 bridgehead atoms. The van der Waals surface area contributed by atoms with Crippen molar-refractivity contribution >= 4 is 16.6 Å². The van der Waals surface area contributed by atoms with Gasteiger partial charge in [0.15, 0.2) is 0 Å². The molecule has 4 nitrogen and oxygen atoms in total. The Kier molecular flexibility index (Phi) is 3.29. The van der Waals surface area contributed by atoms with Crippen LogP contribution in [0.5, 0.6) is 0 Å². The summed E-state index contributed by atoms with van der Waals surface area (Å²) in [6.45, 7) is 4.21. The van der Waals surface area contributed by atoms with Gasteiger partial charge in [0.1, 0.15) is 5.82 Å². The van der Waals surface area contributed by atoms with Gasteiger partial charge in [-0.05, 0) is 31.9 Å². The topological polar surface area (TPSA) is 44.8 Å². The lowest BCUT2D eigenvalue weighted by atomic mass is 9.95. The standard InChI is InChI=1S/C18H20N4/c1-13-12-17(15-4-2-3-5-16(15)21-13)22-10-6-14(7-11-22)18-19-8-9-20-18/h2-5,8-9,12,14H,6-7,10-11H2,1H3,(H,19,20). The number of H-pyrrole nitrogens is 1. The number of pyridine rings is 1. The summed E-state index contributed by atoms with van der Waals surface area (Å²) in [5, 5.41) is 1.25. The summed E-state index contributed by atoms with van der Waals surface area (Å²) in [5.41, 5.74) is 3.49.